The van der Waals surface area contributed by atoms with Crippen molar-refractivity contribution in [1.82, 2.24) is 0 Å². The van der Waals surface area contributed by atoms with Gasteiger partial charge >= 0.3 is 0 Å². The summed E-state index contributed by atoms with van der Waals surface area (Å²) in [5, 5.41) is 0. The number of benzene rings is 4. The molecule has 0 aromatic heterocycles. The molecule has 0 saturated heterocycles. The van der Waals surface area contributed by atoms with Crippen LogP contribution in [0.2, 0.25) is 0 Å². The van der Waals surface area contributed by atoms with Gasteiger partial charge in [-0.2, -0.15) is 0 Å². The van der Waals surface area contributed by atoms with Gasteiger partial charge in [0.2, 0.25) is 0 Å². The molecule has 0 fully saturated rings. The highest BCUT2D eigenvalue weighted by molar-refractivity contribution is 5.42. The zero-order valence-electron chi connectivity index (χ0n) is 18.3. The minimum Gasteiger partial charge on any atom is -0.0620 e. The van der Waals surface area contributed by atoms with Crippen LogP contribution in [0, 0.1) is 20.8 Å². The molecule has 4 rings (SSSR count). The Kier molecular flexibility index (Phi) is 6.14. The predicted molar refractivity (Wildman–Crippen MR) is 128 cm³/mol. The van der Waals surface area contributed by atoms with Gasteiger partial charge in [-0.25, -0.2) is 0 Å². The van der Waals surface area contributed by atoms with Crippen LogP contribution in [0.25, 0.3) is 0 Å². The molecule has 4 aromatic carbocycles. The third-order valence-electron chi connectivity index (χ3n) is 6.08. The molecule has 0 heteroatoms. The van der Waals surface area contributed by atoms with Crippen LogP contribution in [0.5, 0.6) is 0 Å². The average molecular weight is 391 g/mol. The summed E-state index contributed by atoms with van der Waals surface area (Å²) < 4.78 is 0. The topological polar surface area (TPSA) is 0 Å². The van der Waals surface area contributed by atoms with E-state index >= 15 is 0 Å². The van der Waals surface area contributed by atoms with Gasteiger partial charge in [0, 0.05) is 0 Å². The number of hydrogen-bond donors (Lipinski definition) is 0. The van der Waals surface area contributed by atoms with E-state index in [1.807, 2.05) is 0 Å². The minimum absolute atomic E-state index is 0.981. The van der Waals surface area contributed by atoms with Crippen molar-refractivity contribution in [1.29, 1.82) is 0 Å². The maximum atomic E-state index is 2.40. The van der Waals surface area contributed by atoms with Crippen LogP contribution in [-0.4, -0.2) is 0 Å². The molecule has 0 N–H and O–H groups in total. The van der Waals surface area contributed by atoms with Crippen LogP contribution >= 0.6 is 0 Å². The summed E-state index contributed by atoms with van der Waals surface area (Å²) in [5.41, 5.74) is 12.5. The van der Waals surface area contributed by atoms with E-state index < -0.39 is 0 Å². The largest absolute Gasteiger partial charge is 0.0620 e. The predicted octanol–water partition coefficient (Wildman–Crippen LogP) is 7.38. The number of hydrogen-bond acceptors (Lipinski definition) is 0. The summed E-state index contributed by atoms with van der Waals surface area (Å²) in [6.07, 6.45) is 2.94. The van der Waals surface area contributed by atoms with Gasteiger partial charge in [-0.1, -0.05) is 91.0 Å². The SMILES string of the molecule is Cc1ccccc1Cc1cc(Cc2ccccc2C)cc(Cc2ccccc2C)c1. The smallest absolute Gasteiger partial charge is 0.00229 e. The summed E-state index contributed by atoms with van der Waals surface area (Å²) in [4.78, 5) is 0. The Morgan fingerprint density at radius 2 is 0.667 bits per heavy atom. The Labute approximate surface area is 181 Å². The summed E-state index contributed by atoms with van der Waals surface area (Å²) >= 11 is 0. The van der Waals surface area contributed by atoms with Crippen LogP contribution in [0.15, 0.2) is 91.0 Å². The maximum absolute atomic E-state index is 2.40. The highest BCUT2D eigenvalue weighted by Gasteiger charge is 2.08. The van der Waals surface area contributed by atoms with E-state index in [4.69, 9.17) is 0 Å². The first-order valence-corrected chi connectivity index (χ1v) is 10.8. The number of rotatable bonds is 6. The zero-order chi connectivity index (χ0) is 20.9. The van der Waals surface area contributed by atoms with Crippen LogP contribution < -0.4 is 0 Å². The van der Waals surface area contributed by atoms with E-state index in [1.165, 1.54) is 50.1 Å². The molecule has 0 atom stereocenters. The summed E-state index contributed by atoms with van der Waals surface area (Å²) in [6, 6.07) is 33.4. The lowest BCUT2D eigenvalue weighted by atomic mass is 9.91. The van der Waals surface area contributed by atoms with Gasteiger partial charge in [0.05, 0.1) is 0 Å². The fourth-order valence-electron chi connectivity index (χ4n) is 4.23. The van der Waals surface area contributed by atoms with E-state index in [9.17, 15) is 0 Å². The Morgan fingerprint density at radius 1 is 0.400 bits per heavy atom. The maximum Gasteiger partial charge on any atom is -0.00229 e. The lowest BCUT2D eigenvalue weighted by Gasteiger charge is -2.14. The Bertz CT molecular complexity index is 991. The normalized spacial score (nSPS) is 10.9. The second kappa shape index (κ2) is 9.13. The quantitative estimate of drug-likeness (QED) is 0.322. The molecule has 0 aliphatic carbocycles. The molecule has 0 spiro atoms. The van der Waals surface area contributed by atoms with E-state index in [-0.39, 0.29) is 0 Å². The molecule has 0 heterocycles. The standard InChI is InChI=1S/C30H30/c1-22-10-4-7-13-28(22)19-25-16-26(20-29-14-8-5-11-23(29)2)18-27(17-25)21-30-15-9-6-12-24(30)3/h4-18H,19-21H2,1-3H3. The molecule has 0 radical (unpaired) electrons. The monoisotopic (exact) mass is 390 g/mol. The molecule has 4 aromatic rings. The summed E-state index contributed by atoms with van der Waals surface area (Å²) in [6.45, 7) is 6.63. The molecular weight excluding hydrogens is 360 g/mol. The Hall–Kier alpha value is -3.12. The highest BCUT2D eigenvalue weighted by atomic mass is 14.1. The Morgan fingerprint density at radius 3 is 0.933 bits per heavy atom. The van der Waals surface area contributed by atoms with E-state index in [0.29, 0.717) is 0 Å². The third-order valence-corrected chi connectivity index (χ3v) is 6.08. The molecular formula is C30H30. The van der Waals surface area contributed by atoms with Crippen molar-refractivity contribution in [3.8, 4) is 0 Å². The van der Waals surface area contributed by atoms with E-state index in [1.54, 1.807) is 0 Å². The molecule has 0 nitrogen and oxygen atoms in total. The van der Waals surface area contributed by atoms with Crippen molar-refractivity contribution in [2.45, 2.75) is 40.0 Å². The van der Waals surface area contributed by atoms with Crippen LogP contribution in [0.4, 0.5) is 0 Å². The minimum atomic E-state index is 0.981. The molecule has 0 aliphatic rings. The third kappa shape index (κ3) is 4.89. The second-order valence-electron chi connectivity index (χ2n) is 8.47. The summed E-state index contributed by atoms with van der Waals surface area (Å²) in [5.74, 6) is 0. The Balaban J connectivity index is 1.70. The van der Waals surface area contributed by atoms with Gasteiger partial charge in [-0.05, 0) is 90.1 Å². The van der Waals surface area contributed by atoms with Gasteiger partial charge in [0.25, 0.3) is 0 Å². The van der Waals surface area contributed by atoms with E-state index in [0.717, 1.165) is 19.3 Å². The molecule has 0 amide bonds. The molecule has 0 bridgehead atoms. The highest BCUT2D eigenvalue weighted by Crippen LogP contribution is 2.23. The van der Waals surface area contributed by atoms with Gasteiger partial charge < -0.3 is 0 Å². The van der Waals surface area contributed by atoms with Crippen LogP contribution in [0.3, 0.4) is 0 Å². The molecule has 30 heavy (non-hydrogen) atoms. The van der Waals surface area contributed by atoms with Crippen molar-refractivity contribution >= 4 is 0 Å². The first-order valence-electron chi connectivity index (χ1n) is 10.8. The van der Waals surface area contributed by atoms with E-state index in [2.05, 4.69) is 112 Å². The van der Waals surface area contributed by atoms with Gasteiger partial charge in [0.1, 0.15) is 0 Å². The second-order valence-corrected chi connectivity index (χ2v) is 8.47. The van der Waals surface area contributed by atoms with Crippen molar-refractivity contribution in [3.05, 3.63) is 141 Å². The number of aryl methyl sites for hydroxylation is 3. The first-order chi connectivity index (χ1) is 14.6. The van der Waals surface area contributed by atoms with Crippen molar-refractivity contribution in [2.24, 2.45) is 0 Å². The first kappa shape index (κ1) is 20.2. The van der Waals surface area contributed by atoms with Crippen LogP contribution in [0.1, 0.15) is 50.1 Å². The molecule has 0 aliphatic heterocycles. The molecule has 0 unspecified atom stereocenters. The van der Waals surface area contributed by atoms with Crippen molar-refractivity contribution in [2.75, 3.05) is 0 Å². The average Bonchev–Trinajstić information content (AvgIpc) is 2.73. The molecule has 0 saturated carbocycles. The lowest BCUT2D eigenvalue weighted by molar-refractivity contribution is 1.07. The lowest BCUT2D eigenvalue weighted by Crippen LogP contribution is -2.00. The van der Waals surface area contributed by atoms with Gasteiger partial charge in [-0.15, -0.1) is 0 Å². The van der Waals surface area contributed by atoms with Gasteiger partial charge in [0.15, 0.2) is 0 Å². The van der Waals surface area contributed by atoms with Gasteiger partial charge in [-0.3, -0.25) is 0 Å². The van der Waals surface area contributed by atoms with Crippen LogP contribution in [-0.2, 0) is 19.3 Å². The van der Waals surface area contributed by atoms with Crippen molar-refractivity contribution in [3.63, 3.8) is 0 Å². The molecule has 150 valence electrons. The summed E-state index contributed by atoms with van der Waals surface area (Å²) in [7, 11) is 0. The zero-order valence-corrected chi connectivity index (χ0v) is 18.3. The van der Waals surface area contributed by atoms with Crippen molar-refractivity contribution < 1.29 is 0 Å². The fraction of sp³-hybridized carbons (Fsp3) is 0.200. The fourth-order valence-corrected chi connectivity index (χ4v) is 4.23.